The molecule has 0 unspecified atom stereocenters. The van der Waals surface area contributed by atoms with Gasteiger partial charge in [-0.3, -0.25) is 0 Å². The molecule has 1 heterocycles. The van der Waals surface area contributed by atoms with Crippen LogP contribution in [-0.4, -0.2) is 51.6 Å². The summed E-state index contributed by atoms with van der Waals surface area (Å²) < 4.78 is 40.4. The summed E-state index contributed by atoms with van der Waals surface area (Å²) in [5, 5.41) is 0. The fraction of sp³-hybridized carbons (Fsp3) is 0.400. The smallest absolute Gasteiger partial charge is 0.229 e. The highest BCUT2D eigenvalue weighted by Gasteiger charge is 2.16. The number of aromatic nitrogens is 3. The van der Waals surface area contributed by atoms with E-state index < -0.39 is 21.6 Å². The van der Waals surface area contributed by atoms with Crippen molar-refractivity contribution in [1.82, 2.24) is 19.7 Å². The van der Waals surface area contributed by atoms with Crippen LogP contribution in [0.25, 0.3) is 0 Å². The predicted octanol–water partition coefficient (Wildman–Crippen LogP) is 0.762. The fourth-order valence-electron chi connectivity index (χ4n) is 1.92. The van der Waals surface area contributed by atoms with Gasteiger partial charge in [-0.1, -0.05) is 18.2 Å². The third-order valence-electron chi connectivity index (χ3n) is 3.21. The zero-order valence-electron chi connectivity index (χ0n) is 14.6. The van der Waals surface area contributed by atoms with Crippen molar-refractivity contribution in [3.8, 4) is 0 Å². The fourth-order valence-corrected chi connectivity index (χ4v) is 3.01. The van der Waals surface area contributed by atoms with Gasteiger partial charge >= 0.3 is 0 Å². The molecule has 0 aliphatic carbocycles. The van der Waals surface area contributed by atoms with Crippen LogP contribution in [0.4, 0.5) is 16.3 Å². The van der Waals surface area contributed by atoms with Crippen LogP contribution in [-0.2, 0) is 22.3 Å². The van der Waals surface area contributed by atoms with Crippen LogP contribution in [0.3, 0.4) is 0 Å². The first-order chi connectivity index (χ1) is 11.7. The number of nitrogens with zero attached hydrogens (tertiary/aromatic N) is 5. The lowest BCUT2D eigenvalue weighted by atomic mass is 10.2. The van der Waals surface area contributed by atoms with E-state index in [1.807, 2.05) is 0 Å². The molecule has 0 spiro atoms. The molecule has 136 valence electrons. The average molecular weight is 368 g/mol. The molecule has 0 aliphatic heterocycles. The van der Waals surface area contributed by atoms with E-state index in [4.69, 9.17) is 0 Å². The average Bonchev–Trinajstić information content (AvgIpc) is 2.54. The van der Waals surface area contributed by atoms with E-state index in [0.29, 0.717) is 11.9 Å². The van der Waals surface area contributed by atoms with E-state index in [9.17, 15) is 12.8 Å². The Morgan fingerprint density at radius 2 is 1.56 bits per heavy atom. The van der Waals surface area contributed by atoms with Crippen molar-refractivity contribution in [2.75, 3.05) is 38.0 Å². The Hall–Kier alpha value is -2.33. The van der Waals surface area contributed by atoms with Crippen LogP contribution >= 0.6 is 0 Å². The lowest BCUT2D eigenvalue weighted by Crippen LogP contribution is -2.27. The molecular weight excluding hydrogens is 347 g/mol. The lowest BCUT2D eigenvalue weighted by molar-refractivity contribution is 0.572. The van der Waals surface area contributed by atoms with E-state index >= 15 is 0 Å². The van der Waals surface area contributed by atoms with Gasteiger partial charge in [0.2, 0.25) is 21.9 Å². The van der Waals surface area contributed by atoms with Gasteiger partial charge in [-0.2, -0.15) is 15.0 Å². The summed E-state index contributed by atoms with van der Waals surface area (Å²) in [5.41, 5.74) is 0.105. The molecule has 25 heavy (non-hydrogen) atoms. The van der Waals surface area contributed by atoms with Gasteiger partial charge in [-0.15, -0.1) is 0 Å². The van der Waals surface area contributed by atoms with Crippen molar-refractivity contribution < 1.29 is 12.8 Å². The standard InChI is InChI=1S/C15H21FN6O2S/c1-21(2)14-18-13(19-15(20-14)22(3)4)9-17-25(23,24)10-11-7-5-6-8-12(11)16/h5-8,17H,9-10H2,1-4H3. The van der Waals surface area contributed by atoms with Gasteiger partial charge in [0.25, 0.3) is 0 Å². The summed E-state index contributed by atoms with van der Waals surface area (Å²) in [6.45, 7) is -0.110. The normalized spacial score (nSPS) is 11.4. The van der Waals surface area contributed by atoms with E-state index in [-0.39, 0.29) is 17.9 Å². The van der Waals surface area contributed by atoms with Crippen molar-refractivity contribution in [2.45, 2.75) is 12.3 Å². The number of sulfonamides is 1. The van der Waals surface area contributed by atoms with Crippen LogP contribution in [0, 0.1) is 5.82 Å². The zero-order chi connectivity index (χ0) is 18.6. The molecule has 8 nitrogen and oxygen atoms in total. The van der Waals surface area contributed by atoms with Crippen LogP contribution in [0.15, 0.2) is 24.3 Å². The number of hydrogen-bond donors (Lipinski definition) is 1. The first kappa shape index (κ1) is 19.0. The molecule has 10 heteroatoms. The molecule has 0 atom stereocenters. The van der Waals surface area contributed by atoms with Crippen molar-refractivity contribution in [3.05, 3.63) is 41.5 Å². The van der Waals surface area contributed by atoms with E-state index in [1.54, 1.807) is 44.1 Å². The first-order valence-corrected chi connectivity index (χ1v) is 9.13. The van der Waals surface area contributed by atoms with Gasteiger partial charge in [-0.25, -0.2) is 17.5 Å². The molecule has 1 N–H and O–H groups in total. The second kappa shape index (κ2) is 7.70. The Kier molecular flexibility index (Phi) is 5.85. The van der Waals surface area contributed by atoms with Gasteiger partial charge in [-0.05, 0) is 6.07 Å². The maximum absolute atomic E-state index is 13.6. The van der Waals surface area contributed by atoms with Gasteiger partial charge in [0, 0.05) is 33.8 Å². The summed E-state index contributed by atoms with van der Waals surface area (Å²) in [7, 11) is 3.38. The number of nitrogens with one attached hydrogen (secondary N) is 1. The highest BCUT2D eigenvalue weighted by atomic mass is 32.2. The number of benzene rings is 1. The largest absolute Gasteiger partial charge is 0.347 e. The summed E-state index contributed by atoms with van der Waals surface area (Å²) in [6, 6.07) is 5.76. The summed E-state index contributed by atoms with van der Waals surface area (Å²) in [4.78, 5) is 16.1. The van der Waals surface area contributed by atoms with Gasteiger partial charge in [0.05, 0.1) is 12.3 Å². The number of halogens is 1. The number of rotatable bonds is 7. The molecular formula is C15H21FN6O2S. The molecule has 0 saturated carbocycles. The minimum absolute atomic E-state index is 0.105. The van der Waals surface area contributed by atoms with E-state index in [0.717, 1.165) is 0 Å². The van der Waals surface area contributed by atoms with Crippen molar-refractivity contribution in [1.29, 1.82) is 0 Å². The van der Waals surface area contributed by atoms with Crippen molar-refractivity contribution >= 4 is 21.9 Å². The summed E-state index contributed by atoms with van der Waals surface area (Å²) in [5.74, 6) is 0.104. The maximum atomic E-state index is 13.6. The molecule has 0 fully saturated rings. The molecule has 0 radical (unpaired) electrons. The predicted molar refractivity (Wildman–Crippen MR) is 94.3 cm³/mol. The van der Waals surface area contributed by atoms with Crippen LogP contribution in [0.1, 0.15) is 11.4 Å². The van der Waals surface area contributed by atoms with Gasteiger partial charge in [0.1, 0.15) is 5.82 Å². The molecule has 1 aromatic heterocycles. The molecule has 1 aromatic carbocycles. The Labute approximate surface area is 146 Å². The van der Waals surface area contributed by atoms with Crippen LogP contribution in [0.2, 0.25) is 0 Å². The van der Waals surface area contributed by atoms with E-state index in [1.165, 1.54) is 18.2 Å². The van der Waals surface area contributed by atoms with E-state index in [2.05, 4.69) is 19.7 Å². The monoisotopic (exact) mass is 368 g/mol. The van der Waals surface area contributed by atoms with Crippen molar-refractivity contribution in [2.24, 2.45) is 0 Å². The minimum atomic E-state index is -3.74. The Morgan fingerprint density at radius 1 is 1.00 bits per heavy atom. The third-order valence-corrected chi connectivity index (χ3v) is 4.49. The highest BCUT2D eigenvalue weighted by Crippen LogP contribution is 2.12. The van der Waals surface area contributed by atoms with Crippen LogP contribution in [0.5, 0.6) is 0 Å². The Balaban J connectivity index is 2.15. The molecule has 0 amide bonds. The first-order valence-electron chi connectivity index (χ1n) is 7.48. The second-order valence-corrected chi connectivity index (χ2v) is 7.62. The molecule has 0 aliphatic rings. The Bertz CT molecular complexity index is 815. The molecule has 2 rings (SSSR count). The van der Waals surface area contributed by atoms with Gasteiger partial charge < -0.3 is 9.80 Å². The summed E-state index contributed by atoms with van der Waals surface area (Å²) >= 11 is 0. The van der Waals surface area contributed by atoms with Crippen LogP contribution < -0.4 is 14.5 Å². The number of hydrogen-bond acceptors (Lipinski definition) is 7. The Morgan fingerprint density at radius 3 is 2.08 bits per heavy atom. The lowest BCUT2D eigenvalue weighted by Gasteiger charge is -2.16. The van der Waals surface area contributed by atoms with Gasteiger partial charge in [0.15, 0.2) is 5.82 Å². The third kappa shape index (κ3) is 5.33. The number of anilines is 2. The second-order valence-electron chi connectivity index (χ2n) is 5.81. The zero-order valence-corrected chi connectivity index (χ0v) is 15.4. The minimum Gasteiger partial charge on any atom is -0.347 e. The maximum Gasteiger partial charge on any atom is 0.229 e. The SMILES string of the molecule is CN(C)c1nc(CNS(=O)(=O)Cc2ccccc2F)nc(N(C)C)n1. The summed E-state index contributed by atoms with van der Waals surface area (Å²) in [6.07, 6.45) is 0. The molecule has 2 aromatic rings. The molecule has 0 saturated heterocycles. The van der Waals surface area contributed by atoms with Crippen molar-refractivity contribution in [3.63, 3.8) is 0 Å². The highest BCUT2D eigenvalue weighted by molar-refractivity contribution is 7.88. The quantitative estimate of drug-likeness (QED) is 0.771. The topological polar surface area (TPSA) is 91.3 Å². The molecule has 0 bridgehead atoms.